The number of fused-ring (bicyclic) bond motifs is 1. The van der Waals surface area contributed by atoms with Gasteiger partial charge in [0.2, 0.25) is 0 Å². The number of hydrogen-bond acceptors (Lipinski definition) is 8. The molecule has 0 saturated carbocycles. The molecular weight excluding hydrogens is 398 g/mol. The van der Waals surface area contributed by atoms with Crippen LogP contribution in [0.5, 0.6) is 17.2 Å². The second-order valence-electron chi connectivity index (χ2n) is 6.16. The monoisotopic (exact) mass is 419 g/mol. The van der Waals surface area contributed by atoms with Gasteiger partial charge < -0.3 is 19.7 Å². The number of hydrazone groups is 1. The molecule has 0 saturated heterocycles. The Bertz CT molecular complexity index is 1080. The van der Waals surface area contributed by atoms with Gasteiger partial charge in [-0.25, -0.2) is 0 Å². The molecule has 0 atom stereocenters. The molecule has 0 spiro atoms. The van der Waals surface area contributed by atoms with Gasteiger partial charge in [0.15, 0.2) is 17.3 Å². The largest absolute Gasteiger partial charge is 0.504 e. The van der Waals surface area contributed by atoms with Crippen LogP contribution in [0.2, 0.25) is 0 Å². The third-order valence-corrected chi connectivity index (χ3v) is 5.67. The van der Waals surface area contributed by atoms with Crippen molar-refractivity contribution < 1.29 is 28.1 Å². The molecule has 0 aliphatic carbocycles. The minimum Gasteiger partial charge on any atom is -0.504 e. The lowest BCUT2D eigenvalue weighted by Gasteiger charge is -2.13. The van der Waals surface area contributed by atoms with Crippen molar-refractivity contribution >= 4 is 22.1 Å². The molecule has 154 valence electrons. The Labute approximate surface area is 168 Å². The van der Waals surface area contributed by atoms with Crippen molar-refractivity contribution in [1.82, 2.24) is 5.43 Å². The number of ether oxygens (including phenoxy) is 2. The fourth-order valence-electron chi connectivity index (χ4n) is 3.01. The van der Waals surface area contributed by atoms with E-state index in [9.17, 15) is 18.6 Å². The maximum absolute atomic E-state index is 12.4. The van der Waals surface area contributed by atoms with Gasteiger partial charge in [0.1, 0.15) is 10.6 Å². The minimum atomic E-state index is -3.86. The molecule has 2 aromatic rings. The van der Waals surface area contributed by atoms with E-state index in [0.717, 1.165) is 0 Å². The van der Waals surface area contributed by atoms with Crippen LogP contribution < -0.4 is 14.9 Å². The molecule has 3 rings (SSSR count). The van der Waals surface area contributed by atoms with Crippen LogP contribution >= 0.6 is 0 Å². The first-order valence-corrected chi connectivity index (χ1v) is 10.2. The SMILES string of the molecule is COc1cc(/C=N/NC2=NS(=O)(=O)c3ccc(OC)c(CCCO)c32)ccc1O. The number of aromatic hydroxyl groups is 1. The molecule has 0 fully saturated rings. The number of benzene rings is 2. The van der Waals surface area contributed by atoms with E-state index < -0.39 is 10.0 Å². The number of phenolic OH excluding ortho intramolecular Hbond substituents is 1. The number of sulfonamides is 1. The maximum atomic E-state index is 12.4. The third-order valence-electron chi connectivity index (χ3n) is 4.35. The Kier molecular flexibility index (Phi) is 6.04. The van der Waals surface area contributed by atoms with Crippen LogP contribution in [-0.4, -0.2) is 51.5 Å². The van der Waals surface area contributed by atoms with Crippen LogP contribution in [0.1, 0.15) is 23.1 Å². The molecule has 0 aromatic heterocycles. The van der Waals surface area contributed by atoms with Gasteiger partial charge in [-0.1, -0.05) is 0 Å². The highest BCUT2D eigenvalue weighted by atomic mass is 32.2. The standard InChI is InChI=1S/C19H21N3O6S/c1-27-15-7-8-17-18(13(15)4-3-9-23)19(22-29(17,25)26)21-20-11-12-5-6-14(24)16(10-12)28-2/h5-8,10-11,23-24H,3-4,9H2,1-2H3,(H,21,22)/b20-11+. The summed E-state index contributed by atoms with van der Waals surface area (Å²) in [6.07, 6.45) is 2.30. The molecular formula is C19H21N3O6S. The summed E-state index contributed by atoms with van der Waals surface area (Å²) in [6, 6.07) is 7.69. The molecule has 0 unspecified atom stereocenters. The summed E-state index contributed by atoms with van der Waals surface area (Å²) in [4.78, 5) is 0.0650. The molecule has 3 N–H and O–H groups in total. The van der Waals surface area contributed by atoms with E-state index in [1.807, 2.05) is 0 Å². The number of phenols is 1. The van der Waals surface area contributed by atoms with Crippen molar-refractivity contribution in [2.45, 2.75) is 17.7 Å². The zero-order valence-corrected chi connectivity index (χ0v) is 16.7. The highest BCUT2D eigenvalue weighted by Gasteiger charge is 2.32. The first-order chi connectivity index (χ1) is 13.9. The Morgan fingerprint density at radius 2 is 1.93 bits per heavy atom. The number of nitrogens with one attached hydrogen (secondary N) is 1. The molecule has 9 nitrogen and oxygen atoms in total. The van der Waals surface area contributed by atoms with Crippen molar-refractivity contribution in [3.05, 3.63) is 47.0 Å². The van der Waals surface area contributed by atoms with Gasteiger partial charge in [0.05, 0.1) is 20.4 Å². The van der Waals surface area contributed by atoms with Gasteiger partial charge in [-0.15, -0.1) is 4.40 Å². The number of amidine groups is 1. The van der Waals surface area contributed by atoms with Crippen LogP contribution in [-0.2, 0) is 16.4 Å². The van der Waals surface area contributed by atoms with Gasteiger partial charge in [-0.3, -0.25) is 5.43 Å². The fourth-order valence-corrected chi connectivity index (χ4v) is 4.20. The molecule has 0 bridgehead atoms. The zero-order chi connectivity index (χ0) is 21.0. The van der Waals surface area contributed by atoms with Gasteiger partial charge >= 0.3 is 0 Å². The Hall–Kier alpha value is -3.11. The van der Waals surface area contributed by atoms with Crippen LogP contribution in [0.15, 0.2) is 44.7 Å². The van der Waals surface area contributed by atoms with Crippen molar-refractivity contribution in [3.8, 4) is 17.2 Å². The normalized spacial score (nSPS) is 14.5. The Morgan fingerprint density at radius 3 is 2.62 bits per heavy atom. The van der Waals surface area contributed by atoms with Gasteiger partial charge in [-0.05, 0) is 48.7 Å². The lowest BCUT2D eigenvalue weighted by atomic mass is 10.0. The average Bonchev–Trinajstić information content (AvgIpc) is 2.97. The lowest BCUT2D eigenvalue weighted by Crippen LogP contribution is -2.19. The maximum Gasteiger partial charge on any atom is 0.285 e. The van der Waals surface area contributed by atoms with Crippen molar-refractivity contribution in [2.75, 3.05) is 20.8 Å². The molecule has 2 aromatic carbocycles. The highest BCUT2D eigenvalue weighted by Crippen LogP contribution is 2.34. The Balaban J connectivity index is 1.94. The smallest absolute Gasteiger partial charge is 0.285 e. The number of aliphatic hydroxyl groups is 1. The molecule has 0 amide bonds. The summed E-state index contributed by atoms with van der Waals surface area (Å²) in [7, 11) is -0.929. The molecule has 1 aliphatic heterocycles. The zero-order valence-electron chi connectivity index (χ0n) is 15.9. The molecule has 29 heavy (non-hydrogen) atoms. The minimum absolute atomic E-state index is 0.00146. The second-order valence-corrected chi connectivity index (χ2v) is 7.74. The number of hydrogen-bond donors (Lipinski definition) is 3. The van der Waals surface area contributed by atoms with E-state index in [4.69, 9.17) is 9.47 Å². The van der Waals surface area contributed by atoms with Gasteiger partial charge in [-0.2, -0.15) is 13.5 Å². The predicted molar refractivity (Wildman–Crippen MR) is 108 cm³/mol. The topological polar surface area (TPSA) is 130 Å². The quantitative estimate of drug-likeness (QED) is 0.457. The summed E-state index contributed by atoms with van der Waals surface area (Å²) in [6.45, 7) is -0.0414. The summed E-state index contributed by atoms with van der Waals surface area (Å²) in [5.74, 6) is 0.874. The molecule has 10 heteroatoms. The Morgan fingerprint density at radius 1 is 1.17 bits per heavy atom. The van der Waals surface area contributed by atoms with Crippen LogP contribution in [0.4, 0.5) is 0 Å². The number of nitrogens with zero attached hydrogens (tertiary/aromatic N) is 2. The summed E-state index contributed by atoms with van der Waals surface area (Å²) >= 11 is 0. The van der Waals surface area contributed by atoms with Crippen LogP contribution in [0.3, 0.4) is 0 Å². The third kappa shape index (κ3) is 4.17. The van der Waals surface area contributed by atoms with E-state index in [1.165, 1.54) is 32.6 Å². The molecule has 1 heterocycles. The average molecular weight is 419 g/mol. The van der Waals surface area contributed by atoms with E-state index in [2.05, 4.69) is 14.9 Å². The van der Waals surface area contributed by atoms with Crippen LogP contribution in [0, 0.1) is 0 Å². The summed E-state index contributed by atoms with van der Waals surface area (Å²) < 4.78 is 39.1. The first-order valence-electron chi connectivity index (χ1n) is 8.73. The van der Waals surface area contributed by atoms with E-state index >= 15 is 0 Å². The van der Waals surface area contributed by atoms with Gasteiger partial charge in [0, 0.05) is 17.7 Å². The fraction of sp³-hybridized carbons (Fsp3) is 0.263. The van der Waals surface area contributed by atoms with Crippen LogP contribution in [0.25, 0.3) is 0 Å². The number of rotatable bonds is 7. The molecule has 0 radical (unpaired) electrons. The first kappa shape index (κ1) is 20.6. The summed E-state index contributed by atoms with van der Waals surface area (Å²) in [5, 5.41) is 22.9. The molecule has 1 aliphatic rings. The van der Waals surface area contributed by atoms with E-state index in [-0.39, 0.29) is 28.8 Å². The predicted octanol–water partition coefficient (Wildman–Crippen LogP) is 1.41. The van der Waals surface area contributed by atoms with E-state index in [1.54, 1.807) is 18.2 Å². The summed E-state index contributed by atoms with van der Waals surface area (Å²) in [5.41, 5.74) is 4.33. The number of methoxy groups -OCH3 is 2. The van der Waals surface area contributed by atoms with E-state index in [0.29, 0.717) is 35.3 Å². The lowest BCUT2D eigenvalue weighted by molar-refractivity contribution is 0.287. The van der Waals surface area contributed by atoms with Crippen molar-refractivity contribution in [3.63, 3.8) is 0 Å². The second kappa shape index (κ2) is 8.50. The van der Waals surface area contributed by atoms with Crippen molar-refractivity contribution in [2.24, 2.45) is 9.50 Å². The van der Waals surface area contributed by atoms with Gasteiger partial charge in [0.25, 0.3) is 10.0 Å². The number of aliphatic hydroxyl groups excluding tert-OH is 1. The highest BCUT2D eigenvalue weighted by molar-refractivity contribution is 7.90. The van der Waals surface area contributed by atoms with Crippen molar-refractivity contribution in [1.29, 1.82) is 0 Å².